The molecule has 2 aliphatic heterocycles. The number of quaternary nitrogens is 2. The lowest BCUT2D eigenvalue weighted by Crippen LogP contribution is -3.13. The Morgan fingerprint density at radius 1 is 1.05 bits per heavy atom. The van der Waals surface area contributed by atoms with Crippen molar-refractivity contribution in [1.29, 1.82) is 0 Å². The Morgan fingerprint density at radius 2 is 1.76 bits per heavy atom. The number of likely N-dealkylation sites (tertiary alicyclic amines) is 1. The van der Waals surface area contributed by atoms with Gasteiger partial charge in [-0.05, 0) is 6.07 Å². The van der Waals surface area contributed by atoms with Crippen LogP contribution in [0.15, 0.2) is 6.07 Å². The van der Waals surface area contributed by atoms with Gasteiger partial charge in [-0.3, -0.25) is 0 Å². The molecule has 2 heterocycles. The minimum absolute atomic E-state index is 0.492. The number of rotatable bonds is 4. The average molecular weight is 294 g/mol. The zero-order valence-electron chi connectivity index (χ0n) is 13.2. The van der Waals surface area contributed by atoms with E-state index < -0.39 is 0 Å². The van der Waals surface area contributed by atoms with Gasteiger partial charge in [0.05, 0.1) is 40.0 Å². The fourth-order valence-corrected chi connectivity index (χ4v) is 3.85. The summed E-state index contributed by atoms with van der Waals surface area (Å²) in [4.78, 5) is 1.68. The zero-order valence-corrected chi connectivity index (χ0v) is 13.2. The minimum atomic E-state index is 0.492. The summed E-state index contributed by atoms with van der Waals surface area (Å²) >= 11 is 0. The molecule has 1 aromatic carbocycles. The van der Waals surface area contributed by atoms with E-state index in [2.05, 4.69) is 11.4 Å². The molecule has 2 aliphatic rings. The van der Waals surface area contributed by atoms with Gasteiger partial charge in [-0.1, -0.05) is 0 Å². The van der Waals surface area contributed by atoms with Crippen molar-refractivity contribution in [2.45, 2.75) is 25.4 Å². The van der Waals surface area contributed by atoms with Crippen LogP contribution >= 0.6 is 0 Å². The Bertz CT molecular complexity index is 513. The summed E-state index contributed by atoms with van der Waals surface area (Å²) in [6.07, 6.45) is 2.66. The number of methoxy groups -OCH3 is 3. The summed E-state index contributed by atoms with van der Waals surface area (Å²) in [5, 5.41) is 2.39. The van der Waals surface area contributed by atoms with Gasteiger partial charge < -0.3 is 24.4 Å². The lowest BCUT2D eigenvalue weighted by molar-refractivity contribution is -0.937. The first kappa shape index (κ1) is 14.5. The number of hydrogen-bond acceptors (Lipinski definition) is 3. The van der Waals surface area contributed by atoms with Gasteiger partial charge in [0.2, 0.25) is 5.75 Å². The van der Waals surface area contributed by atoms with Crippen LogP contribution in [0.4, 0.5) is 0 Å². The van der Waals surface area contributed by atoms with Crippen LogP contribution < -0.4 is 24.4 Å². The molecule has 0 unspecified atom stereocenters. The second-order valence-electron chi connectivity index (χ2n) is 5.86. The quantitative estimate of drug-likeness (QED) is 0.788. The molecule has 21 heavy (non-hydrogen) atoms. The molecular weight excluding hydrogens is 268 g/mol. The Hall–Kier alpha value is -1.46. The topological polar surface area (TPSA) is 48.7 Å². The summed E-state index contributed by atoms with van der Waals surface area (Å²) in [6, 6.07) is 2.61. The van der Waals surface area contributed by atoms with Gasteiger partial charge in [-0.2, -0.15) is 0 Å². The highest BCUT2D eigenvalue weighted by Gasteiger charge is 2.38. The van der Waals surface area contributed by atoms with E-state index in [0.717, 1.165) is 30.3 Å². The fraction of sp³-hybridized carbons (Fsp3) is 0.625. The summed E-state index contributed by atoms with van der Waals surface area (Å²) in [5.74, 6) is 2.35. The van der Waals surface area contributed by atoms with Gasteiger partial charge in [0, 0.05) is 18.4 Å². The number of nitrogens with one attached hydrogen (secondary N) is 1. The van der Waals surface area contributed by atoms with Crippen molar-refractivity contribution < 1.29 is 24.4 Å². The van der Waals surface area contributed by atoms with Crippen LogP contribution in [0.1, 0.15) is 30.0 Å². The number of hydrogen-bond donors (Lipinski definition) is 2. The molecule has 3 N–H and O–H groups in total. The van der Waals surface area contributed by atoms with Crippen molar-refractivity contribution in [3.05, 3.63) is 17.2 Å². The highest BCUT2D eigenvalue weighted by Crippen LogP contribution is 2.44. The second-order valence-corrected chi connectivity index (χ2v) is 5.86. The van der Waals surface area contributed by atoms with E-state index in [-0.39, 0.29) is 0 Å². The van der Waals surface area contributed by atoms with Crippen molar-refractivity contribution in [1.82, 2.24) is 0 Å². The molecule has 5 heteroatoms. The van der Waals surface area contributed by atoms with E-state index in [4.69, 9.17) is 14.2 Å². The van der Waals surface area contributed by atoms with E-state index in [1.54, 1.807) is 26.2 Å². The molecule has 0 saturated carbocycles. The van der Waals surface area contributed by atoms with E-state index in [9.17, 15) is 0 Å². The number of ether oxygens (including phenoxy) is 3. The van der Waals surface area contributed by atoms with Crippen LogP contribution in [0, 0.1) is 0 Å². The molecule has 0 amide bonds. The van der Waals surface area contributed by atoms with Crippen molar-refractivity contribution in [3.63, 3.8) is 0 Å². The largest absolute Gasteiger partial charge is 0.493 e. The summed E-state index contributed by atoms with van der Waals surface area (Å²) < 4.78 is 16.8. The molecule has 1 atom stereocenters. The molecule has 3 rings (SSSR count). The van der Waals surface area contributed by atoms with Crippen molar-refractivity contribution in [2.24, 2.45) is 0 Å². The first-order chi connectivity index (χ1) is 10.3. The maximum atomic E-state index is 5.73. The summed E-state index contributed by atoms with van der Waals surface area (Å²) in [6.45, 7) is 4.62. The van der Waals surface area contributed by atoms with Gasteiger partial charge >= 0.3 is 0 Å². The standard InChI is InChI=1S/C16H24N2O3/c1-19-13-8-11-9-17-10-12(18-6-4-5-7-18)14(11)16(21-3)15(13)20-2/h8,12,17H,4-7,9-10H2,1-3H3/p+2/t12-/m0/s1. The van der Waals surface area contributed by atoms with Gasteiger partial charge in [0.1, 0.15) is 13.1 Å². The smallest absolute Gasteiger partial charge is 0.203 e. The van der Waals surface area contributed by atoms with Gasteiger partial charge in [-0.15, -0.1) is 0 Å². The van der Waals surface area contributed by atoms with E-state index in [0.29, 0.717) is 6.04 Å². The molecule has 0 aromatic heterocycles. The average Bonchev–Trinajstić information content (AvgIpc) is 3.06. The van der Waals surface area contributed by atoms with Crippen LogP contribution in [-0.4, -0.2) is 41.0 Å². The lowest BCUT2D eigenvalue weighted by atomic mass is 9.93. The van der Waals surface area contributed by atoms with Gasteiger partial charge in [-0.25, -0.2) is 0 Å². The third-order valence-corrected chi connectivity index (χ3v) is 4.81. The van der Waals surface area contributed by atoms with Crippen molar-refractivity contribution >= 4 is 0 Å². The number of fused-ring (bicyclic) bond motifs is 1. The molecular formula is C16H26N2O3+2. The Kier molecular flexibility index (Phi) is 4.22. The van der Waals surface area contributed by atoms with Gasteiger partial charge in [0.25, 0.3) is 0 Å². The second kappa shape index (κ2) is 6.12. The first-order valence-electron chi connectivity index (χ1n) is 7.78. The fourth-order valence-electron chi connectivity index (χ4n) is 3.85. The summed E-state index contributed by atoms with van der Waals surface area (Å²) in [7, 11) is 5.09. The van der Waals surface area contributed by atoms with Crippen LogP contribution in [-0.2, 0) is 6.54 Å². The number of nitrogens with two attached hydrogens (primary N) is 1. The maximum Gasteiger partial charge on any atom is 0.203 e. The maximum absolute atomic E-state index is 5.73. The third kappa shape index (κ3) is 2.45. The zero-order chi connectivity index (χ0) is 14.8. The predicted molar refractivity (Wildman–Crippen MR) is 79.3 cm³/mol. The predicted octanol–water partition coefficient (Wildman–Crippen LogP) is -0.491. The molecule has 5 nitrogen and oxygen atoms in total. The Labute approximate surface area is 126 Å². The molecule has 0 bridgehead atoms. The molecule has 1 fully saturated rings. The highest BCUT2D eigenvalue weighted by atomic mass is 16.5. The third-order valence-electron chi connectivity index (χ3n) is 4.81. The molecule has 0 aliphatic carbocycles. The van der Waals surface area contributed by atoms with Crippen LogP contribution in [0.2, 0.25) is 0 Å². The SMILES string of the molecule is COc1cc2c(c(OC)c1OC)[C@@H]([NH+]1CCCC1)C[NH2+]C2. The number of benzene rings is 1. The van der Waals surface area contributed by atoms with Crippen molar-refractivity contribution in [2.75, 3.05) is 41.0 Å². The van der Waals surface area contributed by atoms with Crippen LogP contribution in [0.25, 0.3) is 0 Å². The van der Waals surface area contributed by atoms with E-state index >= 15 is 0 Å². The van der Waals surface area contributed by atoms with Crippen LogP contribution in [0.5, 0.6) is 17.2 Å². The molecule has 1 saturated heterocycles. The van der Waals surface area contributed by atoms with Gasteiger partial charge in [0.15, 0.2) is 17.5 Å². The van der Waals surface area contributed by atoms with E-state index in [1.807, 2.05) is 0 Å². The normalized spacial score (nSPS) is 22.0. The van der Waals surface area contributed by atoms with Crippen molar-refractivity contribution in [3.8, 4) is 17.2 Å². The minimum Gasteiger partial charge on any atom is -0.493 e. The molecule has 116 valence electrons. The molecule has 0 radical (unpaired) electrons. The van der Waals surface area contributed by atoms with E-state index in [1.165, 1.54) is 37.1 Å². The summed E-state index contributed by atoms with van der Waals surface area (Å²) in [5.41, 5.74) is 2.65. The Balaban J connectivity index is 2.11. The monoisotopic (exact) mass is 294 g/mol. The van der Waals surface area contributed by atoms with Crippen LogP contribution in [0.3, 0.4) is 0 Å². The Morgan fingerprint density at radius 3 is 2.38 bits per heavy atom. The molecule has 1 aromatic rings. The highest BCUT2D eigenvalue weighted by molar-refractivity contribution is 5.60. The molecule has 0 spiro atoms. The first-order valence-corrected chi connectivity index (χ1v) is 7.78. The lowest BCUT2D eigenvalue weighted by Gasteiger charge is -2.31.